The summed E-state index contributed by atoms with van der Waals surface area (Å²) in [5.41, 5.74) is 3.95. The summed E-state index contributed by atoms with van der Waals surface area (Å²) < 4.78 is 0. The second kappa shape index (κ2) is 5.16. The molecule has 1 aromatic carbocycles. The fourth-order valence-electron chi connectivity index (χ4n) is 2.12. The van der Waals surface area contributed by atoms with E-state index >= 15 is 0 Å². The number of rotatable bonds is 4. The smallest absolute Gasteiger partial charge is 0.181 e. The third-order valence-corrected chi connectivity index (χ3v) is 3.08. The Balaban J connectivity index is 2.05. The first kappa shape index (κ1) is 11.8. The Morgan fingerprint density at radius 1 is 1.26 bits per heavy atom. The van der Waals surface area contributed by atoms with Gasteiger partial charge in [-0.1, -0.05) is 24.3 Å². The molecule has 2 N–H and O–H groups in total. The number of benzene rings is 1. The van der Waals surface area contributed by atoms with Crippen LogP contribution in [0.1, 0.15) is 5.56 Å². The summed E-state index contributed by atoms with van der Waals surface area (Å²) in [6.07, 6.45) is 4.23. The van der Waals surface area contributed by atoms with Gasteiger partial charge in [-0.15, -0.1) is 0 Å². The van der Waals surface area contributed by atoms with Gasteiger partial charge in [0.25, 0.3) is 0 Å². The highest BCUT2D eigenvalue weighted by Gasteiger charge is 2.09. The molecule has 5 nitrogen and oxygen atoms in total. The van der Waals surface area contributed by atoms with Gasteiger partial charge in [-0.25, -0.2) is 15.0 Å². The Hall–Kier alpha value is -2.27. The van der Waals surface area contributed by atoms with Crippen molar-refractivity contribution in [2.75, 3.05) is 13.6 Å². The van der Waals surface area contributed by atoms with Crippen LogP contribution in [0.5, 0.6) is 0 Å². The first-order valence-corrected chi connectivity index (χ1v) is 6.27. The number of nitrogens with zero attached hydrogens (tertiary/aromatic N) is 3. The molecule has 0 bridgehead atoms. The number of nitrogens with one attached hydrogen (secondary N) is 2. The summed E-state index contributed by atoms with van der Waals surface area (Å²) in [4.78, 5) is 15.9. The van der Waals surface area contributed by atoms with Gasteiger partial charge in [0, 0.05) is 5.56 Å². The molecule has 5 heteroatoms. The molecule has 0 aliphatic rings. The largest absolute Gasteiger partial charge is 0.335 e. The lowest BCUT2D eigenvalue weighted by Gasteiger charge is -2.06. The van der Waals surface area contributed by atoms with Crippen molar-refractivity contribution in [1.82, 2.24) is 25.3 Å². The van der Waals surface area contributed by atoms with Crippen molar-refractivity contribution in [1.29, 1.82) is 0 Å². The van der Waals surface area contributed by atoms with Gasteiger partial charge in [-0.3, -0.25) is 0 Å². The highest BCUT2D eigenvalue weighted by molar-refractivity contribution is 5.75. The maximum Gasteiger partial charge on any atom is 0.181 e. The Morgan fingerprint density at radius 2 is 2.16 bits per heavy atom. The molecule has 2 aromatic heterocycles. The van der Waals surface area contributed by atoms with Gasteiger partial charge in [-0.2, -0.15) is 0 Å². The number of hydrogen-bond acceptors (Lipinski definition) is 4. The second-order valence-corrected chi connectivity index (χ2v) is 4.36. The van der Waals surface area contributed by atoms with E-state index in [1.807, 2.05) is 13.1 Å². The maximum absolute atomic E-state index is 4.52. The summed E-state index contributed by atoms with van der Waals surface area (Å²) in [6, 6.07) is 8.29. The number of imidazole rings is 1. The minimum absolute atomic E-state index is 0.702. The van der Waals surface area contributed by atoms with E-state index in [1.54, 1.807) is 6.20 Å². The summed E-state index contributed by atoms with van der Waals surface area (Å²) in [5, 5.41) is 3.17. The summed E-state index contributed by atoms with van der Waals surface area (Å²) in [5.74, 6) is 0.849. The SMILES string of the molecule is CNCCc1ccccc1-c1nc2ncncc2[nH]1. The molecule has 0 radical (unpaired) electrons. The van der Waals surface area contributed by atoms with E-state index in [4.69, 9.17) is 0 Å². The molecule has 96 valence electrons. The Labute approximate surface area is 111 Å². The number of fused-ring (bicyclic) bond motifs is 1. The Kier molecular flexibility index (Phi) is 3.20. The zero-order chi connectivity index (χ0) is 13.1. The van der Waals surface area contributed by atoms with E-state index in [1.165, 1.54) is 11.9 Å². The molecule has 0 saturated heterocycles. The monoisotopic (exact) mass is 253 g/mol. The highest BCUT2D eigenvalue weighted by Crippen LogP contribution is 2.22. The van der Waals surface area contributed by atoms with Crippen molar-refractivity contribution in [3.63, 3.8) is 0 Å². The lowest BCUT2D eigenvalue weighted by molar-refractivity contribution is 0.792. The number of likely N-dealkylation sites (N-methyl/N-ethyl adjacent to an activating group) is 1. The van der Waals surface area contributed by atoms with Crippen LogP contribution in [0.3, 0.4) is 0 Å². The zero-order valence-corrected chi connectivity index (χ0v) is 10.7. The van der Waals surface area contributed by atoms with Gasteiger partial charge < -0.3 is 10.3 Å². The lowest BCUT2D eigenvalue weighted by atomic mass is 10.0. The first-order valence-electron chi connectivity index (χ1n) is 6.27. The van der Waals surface area contributed by atoms with Gasteiger partial charge in [0.1, 0.15) is 17.7 Å². The number of H-pyrrole nitrogens is 1. The van der Waals surface area contributed by atoms with Crippen molar-refractivity contribution in [2.24, 2.45) is 0 Å². The van der Waals surface area contributed by atoms with Crippen molar-refractivity contribution in [2.45, 2.75) is 6.42 Å². The molecule has 19 heavy (non-hydrogen) atoms. The van der Waals surface area contributed by atoms with E-state index in [2.05, 4.69) is 43.5 Å². The average Bonchev–Trinajstić information content (AvgIpc) is 2.89. The molecule has 0 fully saturated rings. The number of aromatic amines is 1. The van der Waals surface area contributed by atoms with E-state index in [0.29, 0.717) is 5.65 Å². The predicted octanol–water partition coefficient (Wildman–Crippen LogP) is 1.78. The molecule has 0 amide bonds. The molecule has 0 aliphatic heterocycles. The van der Waals surface area contributed by atoms with E-state index < -0.39 is 0 Å². The van der Waals surface area contributed by atoms with Gasteiger partial charge >= 0.3 is 0 Å². The standard InChI is InChI=1S/C14H15N5/c1-15-7-6-10-4-2-3-5-11(10)13-18-12-8-16-9-17-14(12)19-13/h2-5,8-9,15H,6-7H2,1H3,(H,16,17,18,19). The topological polar surface area (TPSA) is 66.5 Å². The van der Waals surface area contributed by atoms with Crippen LogP contribution >= 0.6 is 0 Å². The van der Waals surface area contributed by atoms with Crippen LogP contribution in [-0.2, 0) is 6.42 Å². The molecule has 0 atom stereocenters. The fourth-order valence-corrected chi connectivity index (χ4v) is 2.12. The van der Waals surface area contributed by atoms with E-state index in [0.717, 1.165) is 29.9 Å². The van der Waals surface area contributed by atoms with Crippen molar-refractivity contribution < 1.29 is 0 Å². The van der Waals surface area contributed by atoms with Crippen LogP contribution < -0.4 is 5.32 Å². The molecule has 0 unspecified atom stereocenters. The minimum atomic E-state index is 0.702. The average molecular weight is 253 g/mol. The Morgan fingerprint density at radius 3 is 3.00 bits per heavy atom. The van der Waals surface area contributed by atoms with Crippen LogP contribution in [-0.4, -0.2) is 33.5 Å². The third kappa shape index (κ3) is 2.32. The van der Waals surface area contributed by atoms with Gasteiger partial charge in [0.05, 0.1) is 6.20 Å². The van der Waals surface area contributed by atoms with Crippen LogP contribution in [0.25, 0.3) is 22.6 Å². The number of aromatic nitrogens is 4. The van der Waals surface area contributed by atoms with Crippen LogP contribution in [0.15, 0.2) is 36.8 Å². The fraction of sp³-hybridized carbons (Fsp3) is 0.214. The van der Waals surface area contributed by atoms with Crippen molar-refractivity contribution >= 4 is 11.2 Å². The normalized spacial score (nSPS) is 11.0. The van der Waals surface area contributed by atoms with Gasteiger partial charge in [-0.05, 0) is 25.6 Å². The molecule has 0 spiro atoms. The maximum atomic E-state index is 4.52. The van der Waals surface area contributed by atoms with Gasteiger partial charge in [0.2, 0.25) is 0 Å². The van der Waals surface area contributed by atoms with Crippen molar-refractivity contribution in [3.05, 3.63) is 42.4 Å². The Bertz CT molecular complexity index is 656. The highest BCUT2D eigenvalue weighted by atomic mass is 15.0. The summed E-state index contributed by atoms with van der Waals surface area (Å²) in [6.45, 7) is 0.942. The zero-order valence-electron chi connectivity index (χ0n) is 10.7. The second-order valence-electron chi connectivity index (χ2n) is 4.36. The van der Waals surface area contributed by atoms with Gasteiger partial charge in [0.15, 0.2) is 5.65 Å². The molecule has 3 rings (SSSR count). The van der Waals surface area contributed by atoms with E-state index in [-0.39, 0.29) is 0 Å². The molecule has 3 aromatic rings. The molecular weight excluding hydrogens is 238 g/mol. The van der Waals surface area contributed by atoms with Crippen LogP contribution in [0, 0.1) is 0 Å². The van der Waals surface area contributed by atoms with E-state index in [9.17, 15) is 0 Å². The summed E-state index contributed by atoms with van der Waals surface area (Å²) in [7, 11) is 1.96. The van der Waals surface area contributed by atoms with Crippen LogP contribution in [0.2, 0.25) is 0 Å². The number of hydrogen-bond donors (Lipinski definition) is 2. The molecular formula is C14H15N5. The van der Waals surface area contributed by atoms with Crippen molar-refractivity contribution in [3.8, 4) is 11.4 Å². The third-order valence-electron chi connectivity index (χ3n) is 3.08. The van der Waals surface area contributed by atoms with Crippen LogP contribution in [0.4, 0.5) is 0 Å². The molecule has 0 aliphatic carbocycles. The summed E-state index contributed by atoms with van der Waals surface area (Å²) >= 11 is 0. The predicted molar refractivity (Wildman–Crippen MR) is 74.8 cm³/mol. The lowest BCUT2D eigenvalue weighted by Crippen LogP contribution is -2.10. The molecule has 0 saturated carbocycles. The minimum Gasteiger partial charge on any atom is -0.335 e. The quantitative estimate of drug-likeness (QED) is 0.744. The first-order chi connectivity index (χ1) is 9.38. The molecule has 2 heterocycles.